The first kappa shape index (κ1) is 8450. The van der Waals surface area contributed by atoms with Crippen molar-refractivity contribution in [3.8, 4) is 0 Å². The van der Waals surface area contributed by atoms with Crippen LogP contribution in [0.25, 0.3) is 0 Å². The quantitative estimate of drug-likeness (QED) is 0.123. The second-order valence-corrected chi connectivity index (χ2v) is 0. The van der Waals surface area contributed by atoms with E-state index in [4.69, 9.17) is 0 Å². The van der Waals surface area contributed by atoms with Gasteiger partial charge in [0, 0.05) is 379 Å². The topological polar surface area (TPSA) is 2170 Å². The van der Waals surface area contributed by atoms with E-state index < -0.39 is 0 Å². The van der Waals surface area contributed by atoms with Crippen LogP contribution in [0.1, 0.15) is 0 Å². The molecule has 4 radical (unpaired) electrons. The van der Waals surface area contributed by atoms with Gasteiger partial charge >= 0.3 is 0 Å². The number of rotatable bonds is 0. The van der Waals surface area contributed by atoms with Crippen LogP contribution < -0.4 is 36.9 Å². The van der Waals surface area contributed by atoms with Crippen molar-refractivity contribution in [3.05, 3.63) is 0 Å². The molecule has 0 spiro atoms. The molecule has 0 fully saturated rings. The van der Waals surface area contributed by atoms with Gasteiger partial charge in [-0.1, -0.05) is 19.8 Å². The Labute approximate surface area is 764 Å². The van der Waals surface area contributed by atoms with Crippen LogP contribution in [0.4, 0.5) is 0 Å². The average molecular weight is 4600 g/mol. The Morgan fingerprint density at radius 1 is 0.0455 bits per heavy atom. The van der Waals surface area contributed by atoms with Gasteiger partial charge in [0.15, 0.2) is 0 Å². The normalized spacial score (nSPS) is 0. The number of hydrogen-bond acceptors (Lipinski definition) is 0. The Hall–Kier alpha value is 10.5. The molecular formula is H150N6O62P2W18+6. The molecule has 0 rings (SSSR count). The summed E-state index contributed by atoms with van der Waals surface area (Å²) in [6.45, 7) is 0. The third kappa shape index (κ3) is 7950. The molecule has 0 aliphatic heterocycles. The number of quaternary nitrogens is 6. The van der Waals surface area contributed by atoms with E-state index in [0.717, 1.165) is 0 Å². The van der Waals surface area contributed by atoms with Crippen molar-refractivity contribution in [2.24, 2.45) is 0 Å². The zero-order valence-electron chi connectivity index (χ0n) is 45.3. The van der Waals surface area contributed by atoms with Gasteiger partial charge in [0.25, 0.3) is 0 Å². The number of hydrogen-bond donors (Lipinski definition) is 6. The van der Waals surface area contributed by atoms with Crippen LogP contribution in [0.2, 0.25) is 0 Å². The molecule has 0 saturated heterocycles. The fourth-order valence-electron chi connectivity index (χ4n) is 0. The Balaban J connectivity index is 0. The standard InChI is InChI=1S/6H3N.62H2O.2HP.18W/h6*1H3;62*1H2;2*1H;;;;;;;;;;;;;;;;;;/p+6. The van der Waals surface area contributed by atoms with Gasteiger partial charge in [-0.25, -0.2) is 0 Å². The molecule has 0 bridgehead atoms. The van der Waals surface area contributed by atoms with Gasteiger partial charge in [0.1, 0.15) is 0 Å². The molecule has 0 aromatic carbocycles. The van der Waals surface area contributed by atoms with Crippen molar-refractivity contribution >= 4 is 19.8 Å². The minimum absolute atomic E-state index is 0. The third-order valence-electron chi connectivity index (χ3n) is 0. The first-order chi connectivity index (χ1) is 0. The van der Waals surface area contributed by atoms with Crippen LogP contribution in [-0.2, 0) is 379 Å². The molecule has 0 saturated carbocycles. The smallest absolute Gasteiger partial charge is 0 e. The maximum Gasteiger partial charge on any atom is 0 e. The van der Waals surface area contributed by atoms with Gasteiger partial charge in [0.05, 0.1) is 0 Å². The summed E-state index contributed by atoms with van der Waals surface area (Å²) in [5.74, 6) is 0. The predicted molar refractivity (Wildman–Crippen MR) is 277 cm³/mol. The van der Waals surface area contributed by atoms with Gasteiger partial charge in [-0.3, -0.25) is 0 Å². The van der Waals surface area contributed by atoms with Gasteiger partial charge in [-0.2, -0.15) is 0 Å². The van der Waals surface area contributed by atoms with Crippen molar-refractivity contribution in [1.82, 2.24) is 36.9 Å². The first-order valence-corrected chi connectivity index (χ1v) is 0. The first-order valence-electron chi connectivity index (χ1n) is 0. The maximum absolute atomic E-state index is 0. The molecule has 68 nitrogen and oxygen atoms in total. The minimum Gasteiger partial charge on any atom is -0.412 e. The van der Waals surface area contributed by atoms with Crippen LogP contribution >= 0.6 is 19.8 Å². The molecule has 0 amide bonds. The van der Waals surface area contributed by atoms with Crippen molar-refractivity contribution in [3.63, 3.8) is 0 Å². The van der Waals surface area contributed by atoms with E-state index in [0.29, 0.717) is 0 Å². The molecule has 664 valence electrons. The molecule has 0 atom stereocenters. The molecule has 0 unspecified atom stereocenters. The Bertz CT molecular complexity index is 107. The second-order valence-electron chi connectivity index (χ2n) is 0. The van der Waals surface area contributed by atoms with Crippen LogP contribution in [-0.4, -0.2) is 340 Å². The molecule has 148 N–H and O–H groups in total. The summed E-state index contributed by atoms with van der Waals surface area (Å²) in [4.78, 5) is 0. The zero-order valence-corrected chi connectivity index (χ0v) is 100. The minimum atomic E-state index is 0. The molecule has 88 heteroatoms. The zero-order chi connectivity index (χ0) is 0. The molecule has 88 heavy (non-hydrogen) atoms. The molecule has 0 heterocycles. The largest absolute Gasteiger partial charge is 0.412 e. The maximum atomic E-state index is 0. The van der Waals surface area contributed by atoms with Gasteiger partial charge in [0.2, 0.25) is 0 Å². The summed E-state index contributed by atoms with van der Waals surface area (Å²) < 4.78 is 0. The third-order valence-corrected chi connectivity index (χ3v) is 0. The average Bonchev–Trinajstić information content (AvgIpc) is 0. The fourth-order valence-corrected chi connectivity index (χ4v) is 0. The van der Waals surface area contributed by atoms with Crippen molar-refractivity contribution in [1.29, 1.82) is 0 Å². The van der Waals surface area contributed by atoms with E-state index in [1.807, 2.05) is 0 Å². The van der Waals surface area contributed by atoms with Crippen LogP contribution in [0.3, 0.4) is 0 Å². The molecule has 0 aliphatic rings. The SMILES string of the molecule is O.O.O.O.O.O.O.O.O.O.O.O.O.O.O.O.O.O.O.O.O.O.O.O.O.O.O.O.O.O.O.O.O.O.O.O.O.O.O.O.O.O.O.O.O.O.O.O.O.O.O.O.O.O.O.O.O.O.O.O.O.O.[NH4+].[NH4+].[NH4+].[NH4+].[NH4+].[NH4+].[PH].[PH].[W].[W].[W].[W].[W].[W].[W].[W].[W].[W].[W].[W].[W].[W].[W].[W].[W].[W]. The fraction of sp³-hybridized carbons (Fsp3) is 0. The van der Waals surface area contributed by atoms with Crippen LogP contribution in [0.15, 0.2) is 0 Å². The van der Waals surface area contributed by atoms with Crippen molar-refractivity contribution < 1.29 is 719 Å². The van der Waals surface area contributed by atoms with Crippen molar-refractivity contribution in [2.75, 3.05) is 0 Å². The molecular weight excluding hydrogens is 4450 g/mol. The second kappa shape index (κ2) is 8200. The van der Waals surface area contributed by atoms with Gasteiger partial charge in [-0.05, 0) is 0 Å². The summed E-state index contributed by atoms with van der Waals surface area (Å²) in [5, 5.41) is 0. The van der Waals surface area contributed by atoms with E-state index in [1.165, 1.54) is 0 Å². The van der Waals surface area contributed by atoms with E-state index >= 15 is 0 Å². The molecule has 0 aromatic rings. The summed E-state index contributed by atoms with van der Waals surface area (Å²) in [7, 11) is 0. The van der Waals surface area contributed by atoms with Gasteiger partial charge < -0.3 is 376 Å². The van der Waals surface area contributed by atoms with Crippen LogP contribution in [0, 0.1) is 0 Å². The van der Waals surface area contributed by atoms with E-state index in [1.54, 1.807) is 0 Å². The predicted octanol–water partition coefficient (Wildman–Crippen LogP) is -47.7. The van der Waals surface area contributed by atoms with E-state index in [-0.39, 0.29) is 775 Å². The van der Waals surface area contributed by atoms with Crippen LogP contribution in [0.5, 0.6) is 0 Å². The Morgan fingerprint density at radius 3 is 0.0455 bits per heavy atom. The van der Waals surface area contributed by atoms with Crippen molar-refractivity contribution in [2.45, 2.75) is 0 Å². The van der Waals surface area contributed by atoms with Gasteiger partial charge in [-0.15, -0.1) is 0 Å². The summed E-state index contributed by atoms with van der Waals surface area (Å²) in [6.07, 6.45) is 0. The molecule has 0 aromatic heterocycles. The summed E-state index contributed by atoms with van der Waals surface area (Å²) in [6, 6.07) is 0. The van der Waals surface area contributed by atoms with E-state index in [9.17, 15) is 0 Å². The monoisotopic (exact) mass is 4600 g/mol. The summed E-state index contributed by atoms with van der Waals surface area (Å²) in [5.41, 5.74) is 0. The Morgan fingerprint density at radius 2 is 0.0455 bits per heavy atom. The molecule has 0 aliphatic carbocycles. The Kier molecular flexibility index (Phi) is 787000. The van der Waals surface area contributed by atoms with E-state index in [2.05, 4.69) is 0 Å². The summed E-state index contributed by atoms with van der Waals surface area (Å²) >= 11 is 0.